The van der Waals surface area contributed by atoms with Crippen LogP contribution in [0, 0.1) is 5.82 Å². The number of benzene rings is 2. The zero-order valence-corrected chi connectivity index (χ0v) is 18.0. The number of aromatic nitrogens is 2. The third-order valence-electron chi connectivity index (χ3n) is 4.66. The summed E-state index contributed by atoms with van der Waals surface area (Å²) in [6.07, 6.45) is 3.75. The Balaban J connectivity index is 1.68. The predicted octanol–water partition coefficient (Wildman–Crippen LogP) is 4.58. The summed E-state index contributed by atoms with van der Waals surface area (Å²) in [6.45, 7) is 3.64. The van der Waals surface area contributed by atoms with Gasteiger partial charge in [0.2, 0.25) is 11.0 Å². The number of carbonyl (C=O) groups excluding carboxylic acids is 1. The average molecular weight is 427 g/mol. The van der Waals surface area contributed by atoms with Gasteiger partial charge in [-0.3, -0.25) is 4.79 Å². The smallest absolute Gasteiger partial charge is 0.239 e. The summed E-state index contributed by atoms with van der Waals surface area (Å²) in [7, 11) is 0. The highest BCUT2D eigenvalue weighted by molar-refractivity contribution is 7.09. The lowest BCUT2D eigenvalue weighted by Gasteiger charge is -2.21. The fourth-order valence-electron chi connectivity index (χ4n) is 3.06. The van der Waals surface area contributed by atoms with E-state index < -0.39 is 0 Å². The second-order valence-corrected chi connectivity index (χ2v) is 7.93. The number of halogens is 1. The molecular weight excluding hydrogens is 399 g/mol. The molecule has 7 heteroatoms. The van der Waals surface area contributed by atoms with Crippen molar-refractivity contribution in [3.05, 3.63) is 77.4 Å². The standard InChI is InChI=1S/C23H27FN4OS/c1-2-3-7-14-25-22(29)17-28(16-19-8-5-4-6-9-19)23-26-21(27-30-23)15-18-10-12-20(24)13-11-18/h4-6,8-13H,2-3,7,14-17H2,1H3,(H,25,29). The van der Waals surface area contributed by atoms with Gasteiger partial charge in [-0.1, -0.05) is 62.2 Å². The molecule has 5 nitrogen and oxygen atoms in total. The van der Waals surface area contributed by atoms with E-state index in [9.17, 15) is 9.18 Å². The van der Waals surface area contributed by atoms with Gasteiger partial charge >= 0.3 is 0 Å². The molecule has 1 heterocycles. The van der Waals surface area contributed by atoms with Crippen LogP contribution in [-0.4, -0.2) is 28.4 Å². The van der Waals surface area contributed by atoms with Crippen molar-refractivity contribution >= 4 is 22.6 Å². The van der Waals surface area contributed by atoms with E-state index in [0.717, 1.165) is 30.4 Å². The van der Waals surface area contributed by atoms with Gasteiger partial charge in [-0.25, -0.2) is 9.37 Å². The Hall–Kier alpha value is -2.80. The van der Waals surface area contributed by atoms with Crippen LogP contribution in [0.5, 0.6) is 0 Å². The molecular formula is C23H27FN4OS. The van der Waals surface area contributed by atoms with Gasteiger partial charge in [-0.15, -0.1) is 0 Å². The lowest BCUT2D eigenvalue weighted by atomic mass is 10.1. The van der Waals surface area contributed by atoms with E-state index in [1.807, 2.05) is 35.2 Å². The molecule has 30 heavy (non-hydrogen) atoms. The van der Waals surface area contributed by atoms with E-state index in [-0.39, 0.29) is 18.3 Å². The third-order valence-corrected chi connectivity index (χ3v) is 5.47. The summed E-state index contributed by atoms with van der Waals surface area (Å²) in [4.78, 5) is 19.1. The minimum absolute atomic E-state index is 0.0164. The Morgan fingerprint density at radius 1 is 1.07 bits per heavy atom. The van der Waals surface area contributed by atoms with Crippen molar-refractivity contribution in [1.29, 1.82) is 0 Å². The molecule has 0 spiro atoms. The number of hydrogen-bond acceptors (Lipinski definition) is 5. The summed E-state index contributed by atoms with van der Waals surface area (Å²) in [6, 6.07) is 16.4. The normalized spacial score (nSPS) is 10.7. The number of hydrogen-bond donors (Lipinski definition) is 1. The zero-order chi connectivity index (χ0) is 21.2. The molecule has 158 valence electrons. The summed E-state index contributed by atoms with van der Waals surface area (Å²) in [5.74, 6) is 0.394. The topological polar surface area (TPSA) is 58.1 Å². The highest BCUT2D eigenvalue weighted by Gasteiger charge is 2.17. The quantitative estimate of drug-likeness (QED) is 0.456. The lowest BCUT2D eigenvalue weighted by molar-refractivity contribution is -0.119. The maximum absolute atomic E-state index is 13.1. The van der Waals surface area contributed by atoms with Gasteiger partial charge in [0.15, 0.2) is 0 Å². The first-order valence-corrected chi connectivity index (χ1v) is 11.0. The van der Waals surface area contributed by atoms with Crippen LogP contribution in [0.15, 0.2) is 54.6 Å². The van der Waals surface area contributed by atoms with E-state index >= 15 is 0 Å². The second kappa shape index (κ2) is 11.4. The van der Waals surface area contributed by atoms with Crippen LogP contribution in [0.3, 0.4) is 0 Å². The molecule has 0 atom stereocenters. The van der Waals surface area contributed by atoms with Crippen molar-refractivity contribution in [2.75, 3.05) is 18.0 Å². The van der Waals surface area contributed by atoms with Crippen LogP contribution >= 0.6 is 11.5 Å². The number of nitrogens with one attached hydrogen (secondary N) is 1. The Kier molecular flexibility index (Phi) is 8.32. The minimum Gasteiger partial charge on any atom is -0.355 e. The van der Waals surface area contributed by atoms with Gasteiger partial charge in [-0.05, 0) is 29.7 Å². The molecule has 0 bridgehead atoms. The Morgan fingerprint density at radius 3 is 2.57 bits per heavy atom. The maximum Gasteiger partial charge on any atom is 0.239 e. The molecule has 1 amide bonds. The van der Waals surface area contributed by atoms with Crippen LogP contribution in [0.4, 0.5) is 9.52 Å². The largest absolute Gasteiger partial charge is 0.355 e. The monoisotopic (exact) mass is 426 g/mol. The Labute approximate surface area is 181 Å². The summed E-state index contributed by atoms with van der Waals surface area (Å²) in [5.41, 5.74) is 2.05. The van der Waals surface area contributed by atoms with Crippen molar-refractivity contribution in [1.82, 2.24) is 14.7 Å². The second-order valence-electron chi connectivity index (χ2n) is 7.20. The van der Waals surface area contributed by atoms with Crippen molar-refractivity contribution in [3.8, 4) is 0 Å². The number of amides is 1. The maximum atomic E-state index is 13.1. The lowest BCUT2D eigenvalue weighted by Crippen LogP contribution is -2.37. The fourth-order valence-corrected chi connectivity index (χ4v) is 3.74. The number of nitrogens with zero attached hydrogens (tertiary/aromatic N) is 3. The van der Waals surface area contributed by atoms with E-state index in [4.69, 9.17) is 0 Å². The summed E-state index contributed by atoms with van der Waals surface area (Å²) >= 11 is 1.28. The van der Waals surface area contributed by atoms with E-state index in [2.05, 4.69) is 21.6 Å². The average Bonchev–Trinajstić information content (AvgIpc) is 3.22. The Morgan fingerprint density at radius 2 is 1.83 bits per heavy atom. The SMILES string of the molecule is CCCCCNC(=O)CN(Cc1ccccc1)c1nc(Cc2ccc(F)cc2)ns1. The molecule has 3 rings (SSSR count). The van der Waals surface area contributed by atoms with Gasteiger partial charge in [-0.2, -0.15) is 4.37 Å². The third kappa shape index (κ3) is 6.91. The van der Waals surface area contributed by atoms with Gasteiger partial charge < -0.3 is 10.2 Å². The highest BCUT2D eigenvalue weighted by atomic mass is 32.1. The molecule has 1 aromatic heterocycles. The number of rotatable bonds is 11. The molecule has 0 aliphatic heterocycles. The number of anilines is 1. The van der Waals surface area contributed by atoms with Crippen LogP contribution in [-0.2, 0) is 17.8 Å². The minimum atomic E-state index is -0.260. The first-order chi connectivity index (χ1) is 14.6. The van der Waals surface area contributed by atoms with Crippen LogP contribution in [0.2, 0.25) is 0 Å². The zero-order valence-electron chi connectivity index (χ0n) is 17.2. The molecule has 3 aromatic rings. The molecule has 0 unspecified atom stereocenters. The van der Waals surface area contributed by atoms with Gasteiger partial charge in [0.1, 0.15) is 11.6 Å². The molecule has 0 radical (unpaired) electrons. The summed E-state index contributed by atoms with van der Waals surface area (Å²) in [5, 5.41) is 3.70. The molecule has 1 N–H and O–H groups in total. The highest BCUT2D eigenvalue weighted by Crippen LogP contribution is 2.21. The first-order valence-electron chi connectivity index (χ1n) is 10.3. The first kappa shape index (κ1) is 21.9. The van der Waals surface area contributed by atoms with Crippen LogP contribution < -0.4 is 10.2 Å². The van der Waals surface area contributed by atoms with Gasteiger partial charge in [0.05, 0.1) is 6.54 Å². The van der Waals surface area contributed by atoms with Crippen molar-refractivity contribution < 1.29 is 9.18 Å². The summed E-state index contributed by atoms with van der Waals surface area (Å²) < 4.78 is 17.6. The number of carbonyl (C=O) groups is 1. The molecule has 0 aliphatic rings. The molecule has 0 saturated carbocycles. The van der Waals surface area contributed by atoms with Gasteiger partial charge in [0, 0.05) is 31.0 Å². The van der Waals surface area contributed by atoms with Gasteiger partial charge in [0.25, 0.3) is 0 Å². The van der Waals surface area contributed by atoms with Crippen LogP contribution in [0.1, 0.15) is 43.1 Å². The van der Waals surface area contributed by atoms with Crippen molar-refractivity contribution in [2.24, 2.45) is 0 Å². The predicted molar refractivity (Wildman–Crippen MR) is 119 cm³/mol. The van der Waals surface area contributed by atoms with Crippen LogP contribution in [0.25, 0.3) is 0 Å². The molecule has 0 aliphatic carbocycles. The van der Waals surface area contributed by atoms with Crippen molar-refractivity contribution in [2.45, 2.75) is 39.2 Å². The number of unbranched alkanes of at least 4 members (excludes halogenated alkanes) is 2. The van der Waals surface area contributed by atoms with E-state index in [1.165, 1.54) is 23.7 Å². The fraction of sp³-hybridized carbons (Fsp3) is 0.348. The van der Waals surface area contributed by atoms with E-state index in [0.29, 0.717) is 30.5 Å². The molecule has 0 saturated heterocycles. The Bertz CT molecular complexity index is 914. The molecule has 2 aromatic carbocycles. The van der Waals surface area contributed by atoms with Crippen molar-refractivity contribution in [3.63, 3.8) is 0 Å². The van der Waals surface area contributed by atoms with E-state index in [1.54, 1.807) is 12.1 Å². The molecule has 0 fully saturated rings.